The predicted molar refractivity (Wildman–Crippen MR) is 114 cm³/mol. The molecule has 0 saturated carbocycles. The van der Waals surface area contributed by atoms with E-state index in [4.69, 9.17) is 0 Å². The Hall–Kier alpha value is -4.08. The van der Waals surface area contributed by atoms with Gasteiger partial charge in [-0.05, 0) is 18.6 Å². The quantitative estimate of drug-likeness (QED) is 0.496. The zero-order valence-corrected chi connectivity index (χ0v) is 17.3. The van der Waals surface area contributed by atoms with Gasteiger partial charge in [0.2, 0.25) is 5.91 Å². The van der Waals surface area contributed by atoms with Crippen molar-refractivity contribution in [1.29, 1.82) is 0 Å². The predicted octanol–water partition coefficient (Wildman–Crippen LogP) is 4.53. The number of amides is 1. The number of hydrogen-bond acceptors (Lipinski definition) is 5. The largest absolute Gasteiger partial charge is 0.416 e. The van der Waals surface area contributed by atoms with Crippen molar-refractivity contribution in [3.63, 3.8) is 0 Å². The van der Waals surface area contributed by atoms with Crippen LogP contribution in [0.25, 0.3) is 17.2 Å². The Morgan fingerprint density at radius 3 is 2.55 bits per heavy atom. The summed E-state index contributed by atoms with van der Waals surface area (Å²) >= 11 is 0. The molecule has 5 rings (SSSR count). The lowest BCUT2D eigenvalue weighted by molar-refractivity contribution is -0.138. The SMILES string of the molecule is Cc1nn(-c2nncc(-c3ccccc3)n2)c2c1C(c1ccccc1C(F)(F)F)CC(=O)N2. The van der Waals surface area contributed by atoms with Crippen LogP contribution < -0.4 is 5.32 Å². The number of halogens is 3. The third-order valence-corrected chi connectivity index (χ3v) is 5.55. The topological polar surface area (TPSA) is 85.6 Å². The summed E-state index contributed by atoms with van der Waals surface area (Å²) in [6.45, 7) is 1.69. The number of aryl methyl sites for hydroxylation is 1. The van der Waals surface area contributed by atoms with Gasteiger partial charge in [0.1, 0.15) is 5.82 Å². The minimum Gasteiger partial charge on any atom is -0.310 e. The Labute approximate surface area is 186 Å². The minimum absolute atomic E-state index is 0.0285. The fourth-order valence-corrected chi connectivity index (χ4v) is 4.15. The summed E-state index contributed by atoms with van der Waals surface area (Å²) in [5.41, 5.74) is 1.59. The summed E-state index contributed by atoms with van der Waals surface area (Å²) in [6.07, 6.45) is -3.18. The fraction of sp³-hybridized carbons (Fsp3) is 0.174. The molecule has 0 saturated heterocycles. The molecule has 2 aromatic heterocycles. The molecule has 3 heterocycles. The molecule has 2 aromatic carbocycles. The Bertz CT molecular complexity index is 1350. The molecule has 1 unspecified atom stereocenters. The molecule has 10 heteroatoms. The van der Waals surface area contributed by atoms with E-state index in [1.165, 1.54) is 29.1 Å². The molecular weight excluding hydrogens is 433 g/mol. The van der Waals surface area contributed by atoms with Crippen LogP contribution in [-0.2, 0) is 11.0 Å². The van der Waals surface area contributed by atoms with Crippen molar-refractivity contribution < 1.29 is 18.0 Å². The third kappa shape index (κ3) is 3.73. The van der Waals surface area contributed by atoms with Gasteiger partial charge in [-0.3, -0.25) is 4.79 Å². The Kier molecular flexibility index (Phi) is 4.92. The van der Waals surface area contributed by atoms with Gasteiger partial charge in [-0.25, -0.2) is 4.98 Å². The first-order valence-corrected chi connectivity index (χ1v) is 10.1. The van der Waals surface area contributed by atoms with Crippen molar-refractivity contribution in [2.24, 2.45) is 0 Å². The van der Waals surface area contributed by atoms with Gasteiger partial charge in [0.05, 0.1) is 23.1 Å². The van der Waals surface area contributed by atoms with E-state index in [0.29, 0.717) is 17.0 Å². The molecular formula is C23H17F3N6O. The van der Waals surface area contributed by atoms with Crippen LogP contribution in [0.1, 0.15) is 34.7 Å². The number of carbonyl (C=O) groups excluding carboxylic acids is 1. The van der Waals surface area contributed by atoms with Crippen molar-refractivity contribution in [2.45, 2.75) is 25.4 Å². The second-order valence-electron chi connectivity index (χ2n) is 7.66. The average molecular weight is 450 g/mol. The van der Waals surface area contributed by atoms with Gasteiger partial charge in [0.15, 0.2) is 0 Å². The second-order valence-corrected chi connectivity index (χ2v) is 7.66. The molecule has 4 aromatic rings. The summed E-state index contributed by atoms with van der Waals surface area (Å²) < 4.78 is 42.4. The summed E-state index contributed by atoms with van der Waals surface area (Å²) in [5, 5.41) is 15.2. The highest BCUT2D eigenvalue weighted by molar-refractivity contribution is 5.95. The number of hydrogen-bond donors (Lipinski definition) is 1. The van der Waals surface area contributed by atoms with E-state index in [0.717, 1.165) is 11.6 Å². The van der Waals surface area contributed by atoms with Gasteiger partial charge in [-0.1, -0.05) is 48.5 Å². The molecule has 0 spiro atoms. The molecule has 33 heavy (non-hydrogen) atoms. The standard InChI is InChI=1S/C23H17F3N6O/c1-13-20-16(15-9-5-6-10-17(15)23(24,25)26)11-19(33)29-21(20)32(31-13)22-28-18(12-27-30-22)14-7-3-2-4-8-14/h2-10,12,16H,11H2,1H3,(H,29,33). The van der Waals surface area contributed by atoms with E-state index in [2.05, 4.69) is 25.6 Å². The molecule has 0 aliphatic carbocycles. The highest BCUT2D eigenvalue weighted by Crippen LogP contribution is 2.44. The maximum atomic E-state index is 13.7. The number of carbonyl (C=O) groups is 1. The Morgan fingerprint density at radius 1 is 1.06 bits per heavy atom. The summed E-state index contributed by atoms with van der Waals surface area (Å²) in [5.74, 6) is -0.883. The van der Waals surface area contributed by atoms with Crippen LogP contribution in [0.3, 0.4) is 0 Å². The summed E-state index contributed by atoms with van der Waals surface area (Å²) in [6, 6.07) is 14.6. The fourth-order valence-electron chi connectivity index (χ4n) is 4.15. The molecule has 1 aliphatic heterocycles. The van der Waals surface area contributed by atoms with E-state index in [1.807, 2.05) is 30.3 Å². The van der Waals surface area contributed by atoms with Crippen LogP contribution in [0.4, 0.5) is 19.0 Å². The first-order chi connectivity index (χ1) is 15.8. The van der Waals surface area contributed by atoms with Crippen molar-refractivity contribution in [3.05, 3.63) is 83.2 Å². The maximum Gasteiger partial charge on any atom is 0.416 e. The number of alkyl halides is 3. The number of aromatic nitrogens is 5. The van der Waals surface area contributed by atoms with Gasteiger partial charge in [0.25, 0.3) is 5.95 Å². The first-order valence-electron chi connectivity index (χ1n) is 10.1. The van der Waals surface area contributed by atoms with Crippen molar-refractivity contribution in [1.82, 2.24) is 25.0 Å². The molecule has 7 nitrogen and oxygen atoms in total. The molecule has 1 N–H and O–H groups in total. The van der Waals surface area contributed by atoms with E-state index in [1.54, 1.807) is 6.92 Å². The van der Waals surface area contributed by atoms with Crippen LogP contribution in [0.15, 0.2) is 60.8 Å². The van der Waals surface area contributed by atoms with Gasteiger partial charge >= 0.3 is 6.18 Å². The van der Waals surface area contributed by atoms with Crippen LogP contribution in [0, 0.1) is 6.92 Å². The van der Waals surface area contributed by atoms with Crippen LogP contribution >= 0.6 is 0 Å². The number of anilines is 1. The van der Waals surface area contributed by atoms with E-state index >= 15 is 0 Å². The van der Waals surface area contributed by atoms with Gasteiger partial charge in [-0.2, -0.15) is 28.1 Å². The number of rotatable bonds is 3. The smallest absolute Gasteiger partial charge is 0.310 e. The first kappa shape index (κ1) is 20.8. The monoisotopic (exact) mass is 450 g/mol. The number of benzene rings is 2. The molecule has 0 fully saturated rings. The Morgan fingerprint density at radius 2 is 1.79 bits per heavy atom. The lowest BCUT2D eigenvalue weighted by Crippen LogP contribution is -2.26. The lowest BCUT2D eigenvalue weighted by atomic mass is 9.83. The zero-order valence-electron chi connectivity index (χ0n) is 17.3. The van der Waals surface area contributed by atoms with E-state index < -0.39 is 23.6 Å². The zero-order chi connectivity index (χ0) is 23.2. The summed E-state index contributed by atoms with van der Waals surface area (Å²) in [4.78, 5) is 17.1. The number of fused-ring (bicyclic) bond motifs is 1. The highest BCUT2D eigenvalue weighted by Gasteiger charge is 2.39. The second kappa shape index (κ2) is 7.80. The van der Waals surface area contributed by atoms with E-state index in [-0.39, 0.29) is 23.8 Å². The molecule has 1 amide bonds. The van der Waals surface area contributed by atoms with Gasteiger partial charge in [0, 0.05) is 23.5 Å². The lowest BCUT2D eigenvalue weighted by Gasteiger charge is -2.26. The van der Waals surface area contributed by atoms with Crippen LogP contribution in [0.2, 0.25) is 0 Å². The van der Waals surface area contributed by atoms with Crippen molar-refractivity contribution in [2.75, 3.05) is 5.32 Å². The molecule has 1 atom stereocenters. The van der Waals surface area contributed by atoms with Crippen molar-refractivity contribution in [3.8, 4) is 17.2 Å². The molecule has 0 bridgehead atoms. The minimum atomic E-state index is -4.55. The average Bonchev–Trinajstić information content (AvgIpc) is 3.15. The molecule has 0 radical (unpaired) electrons. The van der Waals surface area contributed by atoms with Crippen LogP contribution in [0.5, 0.6) is 0 Å². The molecule has 1 aliphatic rings. The summed E-state index contributed by atoms with van der Waals surface area (Å²) in [7, 11) is 0. The number of nitrogens with one attached hydrogen (secondary N) is 1. The Balaban J connectivity index is 1.65. The molecule has 166 valence electrons. The highest BCUT2D eigenvalue weighted by atomic mass is 19.4. The van der Waals surface area contributed by atoms with Gasteiger partial charge in [-0.15, -0.1) is 5.10 Å². The third-order valence-electron chi connectivity index (χ3n) is 5.55. The van der Waals surface area contributed by atoms with E-state index in [9.17, 15) is 18.0 Å². The van der Waals surface area contributed by atoms with Crippen molar-refractivity contribution >= 4 is 11.7 Å². The van der Waals surface area contributed by atoms with Gasteiger partial charge < -0.3 is 5.32 Å². The van der Waals surface area contributed by atoms with Crippen LogP contribution in [-0.4, -0.2) is 30.9 Å². The number of nitrogens with zero attached hydrogens (tertiary/aromatic N) is 5. The maximum absolute atomic E-state index is 13.7. The normalized spacial score (nSPS) is 15.8.